The lowest BCUT2D eigenvalue weighted by molar-refractivity contribution is -0.0868. The number of piperidine rings is 1. The number of ether oxygens (including phenoxy) is 2. The highest BCUT2D eigenvalue weighted by Crippen LogP contribution is 2.39. The van der Waals surface area contributed by atoms with Crippen LogP contribution < -0.4 is 9.47 Å². The van der Waals surface area contributed by atoms with Crippen molar-refractivity contribution in [1.29, 1.82) is 5.26 Å². The van der Waals surface area contributed by atoms with Gasteiger partial charge in [0, 0.05) is 25.2 Å². The van der Waals surface area contributed by atoms with E-state index in [0.717, 1.165) is 11.3 Å². The smallest absolute Gasteiger partial charge is 0.410 e. The van der Waals surface area contributed by atoms with Crippen molar-refractivity contribution in [2.75, 3.05) is 13.7 Å². The third kappa shape index (κ3) is 3.95. The first-order valence-corrected chi connectivity index (χ1v) is 8.65. The largest absolute Gasteiger partial charge is 0.497 e. The van der Waals surface area contributed by atoms with E-state index in [4.69, 9.17) is 14.7 Å². The lowest BCUT2D eigenvalue weighted by Gasteiger charge is -2.45. The van der Waals surface area contributed by atoms with Gasteiger partial charge in [-0.25, -0.2) is 9.78 Å². The van der Waals surface area contributed by atoms with Crippen LogP contribution in [0.2, 0.25) is 0 Å². The third-order valence-corrected chi connectivity index (χ3v) is 4.90. The van der Waals surface area contributed by atoms with Crippen molar-refractivity contribution < 1.29 is 19.4 Å². The molecule has 2 atom stereocenters. The van der Waals surface area contributed by atoms with Gasteiger partial charge in [-0.1, -0.05) is 12.1 Å². The Kier molecular flexibility index (Phi) is 5.17. The van der Waals surface area contributed by atoms with Gasteiger partial charge in [0.25, 0.3) is 0 Å². The molecule has 1 N–H and O–H groups in total. The first-order valence-electron chi connectivity index (χ1n) is 8.65. The van der Waals surface area contributed by atoms with Gasteiger partial charge in [0.1, 0.15) is 5.75 Å². The highest BCUT2D eigenvalue weighted by molar-refractivity contribution is 5.66. The van der Waals surface area contributed by atoms with E-state index >= 15 is 0 Å². The lowest BCUT2D eigenvalue weighted by atomic mass is 9.84. The molecule has 7 nitrogen and oxygen atoms in total. The van der Waals surface area contributed by atoms with Gasteiger partial charge in [0.05, 0.1) is 18.7 Å². The van der Waals surface area contributed by atoms with E-state index in [-0.39, 0.29) is 11.8 Å². The van der Waals surface area contributed by atoms with E-state index in [1.807, 2.05) is 30.3 Å². The molecule has 0 bridgehead atoms. The average molecular weight is 367 g/mol. The van der Waals surface area contributed by atoms with Crippen molar-refractivity contribution in [3.05, 3.63) is 53.7 Å². The van der Waals surface area contributed by atoms with Crippen molar-refractivity contribution in [3.8, 4) is 17.7 Å². The first kappa shape index (κ1) is 18.5. The Bertz CT molecular complexity index is 862. The van der Waals surface area contributed by atoms with Gasteiger partial charge in [-0.05, 0) is 43.0 Å². The molecule has 1 aromatic heterocycles. The minimum atomic E-state index is -1.09. The molecule has 140 valence electrons. The van der Waals surface area contributed by atoms with Gasteiger partial charge in [-0.3, -0.25) is 4.90 Å². The Hall–Kier alpha value is -3.27. The lowest BCUT2D eigenvalue weighted by Crippen LogP contribution is -2.57. The van der Waals surface area contributed by atoms with Gasteiger partial charge in [-0.2, -0.15) is 5.26 Å². The second-order valence-corrected chi connectivity index (χ2v) is 6.67. The summed E-state index contributed by atoms with van der Waals surface area (Å²) in [6, 6.07) is 12.9. The van der Waals surface area contributed by atoms with E-state index in [1.54, 1.807) is 20.1 Å². The van der Waals surface area contributed by atoms with E-state index in [0.29, 0.717) is 24.9 Å². The van der Waals surface area contributed by atoms with Crippen LogP contribution in [0.25, 0.3) is 0 Å². The van der Waals surface area contributed by atoms with Crippen LogP contribution >= 0.6 is 0 Å². The summed E-state index contributed by atoms with van der Waals surface area (Å²) in [5.41, 5.74) is 0.429. The Labute approximate surface area is 157 Å². The highest BCUT2D eigenvalue weighted by atomic mass is 16.5. The summed E-state index contributed by atoms with van der Waals surface area (Å²) < 4.78 is 11.2. The highest BCUT2D eigenvalue weighted by Gasteiger charge is 2.44. The van der Waals surface area contributed by atoms with Crippen molar-refractivity contribution in [3.63, 3.8) is 0 Å². The second kappa shape index (κ2) is 7.54. The SMILES string of the molecule is COc1ccc(C2CCN(C(=O)O)C(C)(Oc3cc(C#N)ccn3)C2)cc1. The number of rotatable bonds is 4. The molecule has 7 heteroatoms. The molecule has 2 heterocycles. The van der Waals surface area contributed by atoms with Crippen molar-refractivity contribution in [1.82, 2.24) is 9.88 Å². The van der Waals surface area contributed by atoms with Crippen LogP contribution in [0.3, 0.4) is 0 Å². The number of nitrogens with zero attached hydrogens (tertiary/aromatic N) is 3. The molecule has 1 aliphatic heterocycles. The maximum atomic E-state index is 11.8. The normalized spacial score (nSPS) is 22.0. The zero-order chi connectivity index (χ0) is 19.4. The molecule has 1 amide bonds. The molecule has 1 saturated heterocycles. The predicted molar refractivity (Wildman–Crippen MR) is 97.7 cm³/mol. The molecule has 3 rings (SSSR count). The van der Waals surface area contributed by atoms with Gasteiger partial charge >= 0.3 is 6.09 Å². The van der Waals surface area contributed by atoms with E-state index in [2.05, 4.69) is 4.98 Å². The molecule has 1 aliphatic rings. The van der Waals surface area contributed by atoms with E-state index in [9.17, 15) is 9.90 Å². The Balaban J connectivity index is 1.87. The topological polar surface area (TPSA) is 95.7 Å². The third-order valence-electron chi connectivity index (χ3n) is 4.90. The van der Waals surface area contributed by atoms with Crippen LogP contribution in [-0.2, 0) is 0 Å². The maximum Gasteiger partial charge on any atom is 0.410 e. The first-order chi connectivity index (χ1) is 12.9. The quantitative estimate of drug-likeness (QED) is 0.887. The molecule has 0 spiro atoms. The number of carbonyl (C=O) groups is 1. The number of pyridine rings is 1. The summed E-state index contributed by atoms with van der Waals surface area (Å²) in [6.45, 7) is 2.10. The zero-order valence-electron chi connectivity index (χ0n) is 15.3. The second-order valence-electron chi connectivity index (χ2n) is 6.67. The summed E-state index contributed by atoms with van der Waals surface area (Å²) in [6.07, 6.45) is 1.61. The summed E-state index contributed by atoms with van der Waals surface area (Å²) in [7, 11) is 1.62. The van der Waals surface area contributed by atoms with Crippen molar-refractivity contribution >= 4 is 6.09 Å². The molecular weight excluding hydrogens is 346 g/mol. The fraction of sp³-hybridized carbons (Fsp3) is 0.350. The molecule has 2 unspecified atom stereocenters. The minimum absolute atomic E-state index is 0.135. The van der Waals surface area contributed by atoms with Crippen LogP contribution in [0.15, 0.2) is 42.6 Å². The molecule has 0 aliphatic carbocycles. The summed E-state index contributed by atoms with van der Waals surface area (Å²) >= 11 is 0. The number of methoxy groups -OCH3 is 1. The standard InChI is InChI=1S/C20H21N3O4/c1-20(27-18-11-14(13-21)7-9-22-18)12-16(8-10-23(20)19(24)25)15-3-5-17(26-2)6-4-15/h3-7,9,11,16H,8,10,12H2,1-2H3,(H,24,25). The summed E-state index contributed by atoms with van der Waals surface area (Å²) in [5.74, 6) is 1.15. The van der Waals surface area contributed by atoms with Crippen LogP contribution in [0, 0.1) is 11.3 Å². The number of benzene rings is 1. The van der Waals surface area contributed by atoms with Crippen molar-refractivity contribution in [2.24, 2.45) is 0 Å². The zero-order valence-corrected chi connectivity index (χ0v) is 15.3. The number of aromatic nitrogens is 1. The molecular formula is C20H21N3O4. The fourth-order valence-corrected chi connectivity index (χ4v) is 3.51. The van der Waals surface area contributed by atoms with Crippen LogP contribution in [0.1, 0.15) is 36.8 Å². The monoisotopic (exact) mass is 367 g/mol. The predicted octanol–water partition coefficient (Wildman–Crippen LogP) is 3.61. The van der Waals surface area contributed by atoms with E-state index < -0.39 is 11.8 Å². The van der Waals surface area contributed by atoms with Gasteiger partial charge < -0.3 is 14.6 Å². The molecule has 0 saturated carbocycles. The number of likely N-dealkylation sites (tertiary alicyclic amines) is 1. The maximum absolute atomic E-state index is 11.8. The van der Waals surface area contributed by atoms with E-state index in [1.165, 1.54) is 17.2 Å². The Morgan fingerprint density at radius 3 is 2.74 bits per heavy atom. The Morgan fingerprint density at radius 2 is 2.11 bits per heavy atom. The average Bonchev–Trinajstić information content (AvgIpc) is 2.67. The van der Waals surface area contributed by atoms with Crippen LogP contribution in [-0.4, -0.2) is 40.5 Å². The molecule has 1 fully saturated rings. The number of hydrogen-bond acceptors (Lipinski definition) is 5. The molecule has 0 radical (unpaired) electrons. The van der Waals surface area contributed by atoms with Crippen LogP contribution in [0.5, 0.6) is 11.6 Å². The fourth-order valence-electron chi connectivity index (χ4n) is 3.51. The van der Waals surface area contributed by atoms with Crippen LogP contribution in [0.4, 0.5) is 4.79 Å². The summed E-state index contributed by atoms with van der Waals surface area (Å²) in [4.78, 5) is 17.2. The molecule has 2 aromatic rings. The Morgan fingerprint density at radius 1 is 1.37 bits per heavy atom. The van der Waals surface area contributed by atoms with Gasteiger partial charge in [0.15, 0.2) is 5.72 Å². The minimum Gasteiger partial charge on any atom is -0.497 e. The number of hydrogen-bond donors (Lipinski definition) is 1. The van der Waals surface area contributed by atoms with Gasteiger partial charge in [0.2, 0.25) is 5.88 Å². The number of nitriles is 1. The van der Waals surface area contributed by atoms with Crippen molar-refractivity contribution in [2.45, 2.75) is 31.4 Å². The molecule has 27 heavy (non-hydrogen) atoms. The number of carboxylic acid groups (broad SMARTS) is 1. The molecule has 1 aromatic carbocycles. The van der Waals surface area contributed by atoms with Gasteiger partial charge in [-0.15, -0.1) is 0 Å². The summed E-state index contributed by atoms with van der Waals surface area (Å²) in [5, 5.41) is 18.7. The number of amides is 1.